The number of alkyl carbamates (subject to hydrolysis) is 1. The lowest BCUT2D eigenvalue weighted by Gasteiger charge is -2.19. The van der Waals surface area contributed by atoms with Gasteiger partial charge in [-0.15, -0.1) is 0 Å². The van der Waals surface area contributed by atoms with Gasteiger partial charge in [0.1, 0.15) is 11.4 Å². The predicted molar refractivity (Wildman–Crippen MR) is 117 cm³/mol. The maximum atomic E-state index is 12.2. The number of nitrogens with one attached hydrogen (secondary N) is 3. The fraction of sp³-hybridized carbons (Fsp3) is 0.348. The molecule has 0 saturated heterocycles. The number of hydrogen-bond acceptors (Lipinski definition) is 5. The highest BCUT2D eigenvalue weighted by atomic mass is 16.6. The summed E-state index contributed by atoms with van der Waals surface area (Å²) >= 11 is 0. The molecule has 0 bridgehead atoms. The van der Waals surface area contributed by atoms with Gasteiger partial charge in [0.2, 0.25) is 0 Å². The lowest BCUT2D eigenvalue weighted by molar-refractivity contribution is -0.123. The first-order chi connectivity index (χ1) is 14.5. The third kappa shape index (κ3) is 8.00. The molecule has 0 radical (unpaired) electrons. The molecule has 0 aromatic heterocycles. The number of amides is 3. The van der Waals surface area contributed by atoms with Crippen LogP contribution in [0.15, 0.2) is 42.5 Å². The van der Waals surface area contributed by atoms with E-state index in [4.69, 9.17) is 9.47 Å². The molecule has 0 atom stereocenters. The van der Waals surface area contributed by atoms with Crippen molar-refractivity contribution >= 4 is 17.9 Å². The van der Waals surface area contributed by atoms with Gasteiger partial charge in [-0.05, 0) is 63.4 Å². The Balaban J connectivity index is 1.78. The lowest BCUT2D eigenvalue weighted by Crippen LogP contribution is -2.43. The van der Waals surface area contributed by atoms with E-state index in [0.29, 0.717) is 11.3 Å². The summed E-state index contributed by atoms with van der Waals surface area (Å²) < 4.78 is 10.7. The van der Waals surface area contributed by atoms with Crippen molar-refractivity contribution in [1.82, 2.24) is 16.2 Å². The Bertz CT molecular complexity index is 913. The van der Waals surface area contributed by atoms with Crippen LogP contribution < -0.4 is 20.9 Å². The highest BCUT2D eigenvalue weighted by Crippen LogP contribution is 2.21. The Morgan fingerprint density at radius 1 is 0.903 bits per heavy atom. The lowest BCUT2D eigenvalue weighted by atomic mass is 10.1. The van der Waals surface area contributed by atoms with E-state index < -0.39 is 23.5 Å². The van der Waals surface area contributed by atoms with Crippen LogP contribution in [0.4, 0.5) is 4.79 Å². The highest BCUT2D eigenvalue weighted by Gasteiger charge is 2.16. The number of rotatable bonds is 6. The summed E-state index contributed by atoms with van der Waals surface area (Å²) in [5, 5.41) is 2.65. The average molecular weight is 428 g/mol. The van der Waals surface area contributed by atoms with Gasteiger partial charge in [-0.1, -0.05) is 30.3 Å². The van der Waals surface area contributed by atoms with Crippen LogP contribution in [-0.2, 0) is 16.1 Å². The molecule has 166 valence electrons. The summed E-state index contributed by atoms with van der Waals surface area (Å²) in [4.78, 5) is 35.9. The van der Waals surface area contributed by atoms with Gasteiger partial charge >= 0.3 is 6.09 Å². The largest absolute Gasteiger partial charge is 0.483 e. The molecule has 0 saturated carbocycles. The van der Waals surface area contributed by atoms with Crippen molar-refractivity contribution in [2.75, 3.05) is 6.61 Å². The molecule has 31 heavy (non-hydrogen) atoms. The topological polar surface area (TPSA) is 106 Å². The third-order valence-electron chi connectivity index (χ3n) is 4.12. The molecule has 0 spiro atoms. The van der Waals surface area contributed by atoms with Gasteiger partial charge in [-0.2, -0.15) is 0 Å². The summed E-state index contributed by atoms with van der Waals surface area (Å²) in [5.41, 5.74) is 7.13. The molecule has 0 unspecified atom stereocenters. The van der Waals surface area contributed by atoms with E-state index in [1.165, 1.54) is 0 Å². The van der Waals surface area contributed by atoms with Crippen LogP contribution >= 0.6 is 0 Å². The SMILES string of the molecule is Cc1cccc(C)c1OCC(=O)NNC(=O)c1ccc(CNC(=O)OC(C)(C)C)cc1. The van der Waals surface area contributed by atoms with Crippen LogP contribution in [0.2, 0.25) is 0 Å². The number of hydrazine groups is 1. The van der Waals surface area contributed by atoms with Crippen LogP contribution in [0, 0.1) is 13.8 Å². The van der Waals surface area contributed by atoms with Crippen molar-refractivity contribution < 1.29 is 23.9 Å². The molecule has 0 aliphatic rings. The normalized spacial score (nSPS) is 10.7. The zero-order chi connectivity index (χ0) is 23.0. The fourth-order valence-electron chi connectivity index (χ4n) is 2.66. The number of aryl methyl sites for hydroxylation is 2. The van der Waals surface area contributed by atoms with Gasteiger partial charge < -0.3 is 14.8 Å². The molecule has 3 N–H and O–H groups in total. The zero-order valence-electron chi connectivity index (χ0n) is 18.5. The molecule has 0 fully saturated rings. The molecule has 2 aromatic rings. The van der Waals surface area contributed by atoms with Crippen LogP contribution in [0.5, 0.6) is 5.75 Å². The third-order valence-corrected chi connectivity index (χ3v) is 4.12. The first kappa shape index (κ1) is 23.7. The fourth-order valence-corrected chi connectivity index (χ4v) is 2.66. The van der Waals surface area contributed by atoms with E-state index in [2.05, 4.69) is 16.2 Å². The van der Waals surface area contributed by atoms with E-state index in [0.717, 1.165) is 16.7 Å². The molecular formula is C23H29N3O5. The Morgan fingerprint density at radius 3 is 2.10 bits per heavy atom. The molecule has 0 heterocycles. The van der Waals surface area contributed by atoms with Crippen LogP contribution in [-0.4, -0.2) is 30.1 Å². The Hall–Kier alpha value is -3.55. The number of hydrogen-bond donors (Lipinski definition) is 3. The number of ether oxygens (including phenoxy) is 2. The summed E-state index contributed by atoms with van der Waals surface area (Å²) in [6.45, 7) is 9.20. The summed E-state index contributed by atoms with van der Waals surface area (Å²) in [7, 11) is 0. The van der Waals surface area contributed by atoms with E-state index in [1.54, 1.807) is 45.0 Å². The Labute approximate surface area is 182 Å². The molecule has 3 amide bonds. The highest BCUT2D eigenvalue weighted by molar-refractivity contribution is 5.95. The van der Waals surface area contributed by atoms with Gasteiger partial charge in [0.25, 0.3) is 11.8 Å². The summed E-state index contributed by atoms with van der Waals surface area (Å²) in [6, 6.07) is 12.3. The monoisotopic (exact) mass is 427 g/mol. The molecular weight excluding hydrogens is 398 g/mol. The van der Waals surface area contributed by atoms with E-state index in [-0.39, 0.29) is 13.2 Å². The molecule has 0 aliphatic heterocycles. The van der Waals surface area contributed by atoms with Crippen molar-refractivity contribution in [3.05, 3.63) is 64.7 Å². The minimum absolute atomic E-state index is 0.221. The van der Waals surface area contributed by atoms with Gasteiger partial charge in [-0.3, -0.25) is 20.4 Å². The molecule has 0 aliphatic carbocycles. The smallest absolute Gasteiger partial charge is 0.407 e. The van der Waals surface area contributed by atoms with E-state index in [1.807, 2.05) is 32.0 Å². The minimum Gasteiger partial charge on any atom is -0.483 e. The number of carbonyl (C=O) groups is 3. The minimum atomic E-state index is -0.569. The zero-order valence-corrected chi connectivity index (χ0v) is 18.5. The average Bonchev–Trinajstić information content (AvgIpc) is 2.69. The quantitative estimate of drug-likeness (QED) is 0.614. The van der Waals surface area contributed by atoms with Crippen molar-refractivity contribution in [2.45, 2.75) is 46.8 Å². The van der Waals surface area contributed by atoms with Gasteiger partial charge in [0, 0.05) is 12.1 Å². The second-order valence-electron chi connectivity index (χ2n) is 8.06. The summed E-state index contributed by atoms with van der Waals surface area (Å²) in [6.07, 6.45) is -0.514. The second-order valence-corrected chi connectivity index (χ2v) is 8.06. The van der Waals surface area contributed by atoms with Crippen LogP contribution in [0.3, 0.4) is 0 Å². The predicted octanol–water partition coefficient (Wildman–Crippen LogP) is 3.17. The standard InChI is InChI=1S/C23H29N3O5/c1-15-7-6-8-16(2)20(15)30-14-19(27)25-26-21(28)18-11-9-17(10-12-18)13-24-22(29)31-23(3,4)5/h6-12H,13-14H2,1-5H3,(H,24,29)(H,25,27)(H,26,28). The van der Waals surface area contributed by atoms with Gasteiger partial charge in [-0.25, -0.2) is 4.79 Å². The maximum Gasteiger partial charge on any atom is 0.407 e. The van der Waals surface area contributed by atoms with Crippen molar-refractivity contribution in [1.29, 1.82) is 0 Å². The number of para-hydroxylation sites is 1. The molecule has 8 nitrogen and oxygen atoms in total. The van der Waals surface area contributed by atoms with Gasteiger partial charge in [0.05, 0.1) is 0 Å². The Kier molecular flexibility index (Phi) is 8.01. The van der Waals surface area contributed by atoms with Crippen molar-refractivity contribution in [2.24, 2.45) is 0 Å². The van der Waals surface area contributed by atoms with Crippen molar-refractivity contribution in [3.63, 3.8) is 0 Å². The molecule has 2 rings (SSSR count). The van der Waals surface area contributed by atoms with E-state index in [9.17, 15) is 14.4 Å². The number of carbonyl (C=O) groups excluding carboxylic acids is 3. The van der Waals surface area contributed by atoms with Gasteiger partial charge in [0.15, 0.2) is 6.61 Å². The molecule has 8 heteroatoms. The maximum absolute atomic E-state index is 12.2. The number of benzene rings is 2. The summed E-state index contributed by atoms with van der Waals surface area (Å²) in [5.74, 6) is -0.291. The van der Waals surface area contributed by atoms with Crippen molar-refractivity contribution in [3.8, 4) is 5.75 Å². The molecule has 2 aromatic carbocycles. The first-order valence-corrected chi connectivity index (χ1v) is 9.89. The first-order valence-electron chi connectivity index (χ1n) is 9.89. The Morgan fingerprint density at radius 2 is 1.52 bits per heavy atom. The second kappa shape index (κ2) is 10.5. The van der Waals surface area contributed by atoms with E-state index >= 15 is 0 Å². The van der Waals surface area contributed by atoms with Crippen LogP contribution in [0.25, 0.3) is 0 Å². The van der Waals surface area contributed by atoms with Crippen LogP contribution in [0.1, 0.15) is 47.8 Å².